The maximum atomic E-state index is 13.2. The summed E-state index contributed by atoms with van der Waals surface area (Å²) in [4.78, 5) is 36.9. The lowest BCUT2D eigenvalue weighted by molar-refractivity contribution is -0.148. The number of carbonyl (C=O) groups excluding carboxylic acids is 3. The molecule has 1 atom stereocenters. The first-order valence-corrected chi connectivity index (χ1v) is 11.4. The molecule has 0 saturated heterocycles. The van der Waals surface area contributed by atoms with Crippen LogP contribution in [0.5, 0.6) is 0 Å². The Morgan fingerprint density at radius 2 is 1.87 bits per heavy atom. The quantitative estimate of drug-likeness (QED) is 0.355. The summed E-state index contributed by atoms with van der Waals surface area (Å²) >= 11 is 2.90. The first-order chi connectivity index (χ1) is 15.0. The molecule has 2 N–H and O–H groups in total. The van der Waals surface area contributed by atoms with E-state index in [0.29, 0.717) is 18.5 Å². The number of thiophene rings is 2. The van der Waals surface area contributed by atoms with Crippen molar-refractivity contribution in [1.29, 1.82) is 0 Å². The Morgan fingerprint density at radius 3 is 2.55 bits per heavy atom. The number of hydrogen-bond donors (Lipinski definition) is 2. The van der Waals surface area contributed by atoms with E-state index in [1.807, 2.05) is 22.9 Å². The van der Waals surface area contributed by atoms with Crippen LogP contribution in [-0.2, 0) is 14.3 Å². The molecular formula is C22H21FN2O4S2. The van der Waals surface area contributed by atoms with E-state index in [0.717, 1.165) is 10.4 Å². The topological polar surface area (TPSA) is 84.5 Å². The summed E-state index contributed by atoms with van der Waals surface area (Å²) in [5.41, 5.74) is 1.32. The third kappa shape index (κ3) is 7.01. The van der Waals surface area contributed by atoms with Crippen molar-refractivity contribution >= 4 is 40.5 Å². The molecule has 0 fully saturated rings. The van der Waals surface area contributed by atoms with Gasteiger partial charge in [0.2, 0.25) is 0 Å². The van der Waals surface area contributed by atoms with Gasteiger partial charge in [-0.3, -0.25) is 14.4 Å². The summed E-state index contributed by atoms with van der Waals surface area (Å²) in [6.07, 6.45) is 0.493. The van der Waals surface area contributed by atoms with Crippen molar-refractivity contribution in [3.05, 3.63) is 80.4 Å². The fourth-order valence-corrected chi connectivity index (χ4v) is 4.22. The van der Waals surface area contributed by atoms with Gasteiger partial charge in [0.25, 0.3) is 11.8 Å². The van der Waals surface area contributed by atoms with Crippen LogP contribution in [-0.4, -0.2) is 30.9 Å². The van der Waals surface area contributed by atoms with E-state index in [9.17, 15) is 18.8 Å². The third-order valence-corrected chi connectivity index (χ3v) is 5.95. The highest BCUT2D eigenvalue weighted by Crippen LogP contribution is 2.26. The molecule has 0 spiro atoms. The number of halogens is 1. The molecule has 1 aromatic carbocycles. The smallest absolute Gasteiger partial charge is 0.306 e. The SMILES string of the molecule is O=C(COC(=O)CCCNC(=O)c1ccsc1)NC(c1ccc(F)cc1)c1cccs1. The average molecular weight is 461 g/mol. The molecule has 3 aromatic rings. The third-order valence-electron chi connectivity index (χ3n) is 4.33. The van der Waals surface area contributed by atoms with Gasteiger partial charge in [-0.2, -0.15) is 11.3 Å². The van der Waals surface area contributed by atoms with Crippen molar-refractivity contribution in [2.45, 2.75) is 18.9 Å². The number of hydrogen-bond acceptors (Lipinski definition) is 6. The van der Waals surface area contributed by atoms with Crippen LogP contribution in [0.15, 0.2) is 58.6 Å². The number of rotatable bonds is 10. The zero-order valence-electron chi connectivity index (χ0n) is 16.5. The molecule has 1 unspecified atom stereocenters. The van der Waals surface area contributed by atoms with Gasteiger partial charge in [0.1, 0.15) is 5.82 Å². The Balaban J connectivity index is 1.42. The van der Waals surface area contributed by atoms with Crippen LogP contribution in [0.3, 0.4) is 0 Å². The van der Waals surface area contributed by atoms with Gasteiger partial charge >= 0.3 is 5.97 Å². The molecule has 0 aliphatic carbocycles. The van der Waals surface area contributed by atoms with Crippen LogP contribution in [0.4, 0.5) is 4.39 Å². The Hall–Kier alpha value is -3.04. The maximum absolute atomic E-state index is 13.2. The van der Waals surface area contributed by atoms with Gasteiger partial charge in [0.15, 0.2) is 6.61 Å². The summed E-state index contributed by atoms with van der Waals surface area (Å²) in [5.74, 6) is -1.52. The van der Waals surface area contributed by atoms with Gasteiger partial charge in [-0.05, 0) is 47.0 Å². The molecule has 6 nitrogen and oxygen atoms in total. The average Bonchev–Trinajstić information content (AvgIpc) is 3.48. The minimum absolute atomic E-state index is 0.0868. The van der Waals surface area contributed by atoms with Crippen molar-refractivity contribution < 1.29 is 23.5 Å². The van der Waals surface area contributed by atoms with Crippen LogP contribution in [0.1, 0.15) is 39.7 Å². The molecule has 0 aliphatic rings. The van der Waals surface area contributed by atoms with E-state index < -0.39 is 24.5 Å². The molecule has 2 heterocycles. The van der Waals surface area contributed by atoms with Crippen molar-refractivity contribution in [1.82, 2.24) is 10.6 Å². The van der Waals surface area contributed by atoms with E-state index >= 15 is 0 Å². The fourth-order valence-electron chi connectivity index (χ4n) is 2.78. The summed E-state index contributed by atoms with van der Waals surface area (Å²) in [7, 11) is 0. The Morgan fingerprint density at radius 1 is 1.06 bits per heavy atom. The molecule has 2 aromatic heterocycles. The summed E-state index contributed by atoms with van der Waals surface area (Å²) in [6, 6.07) is 10.9. The number of ether oxygens (including phenoxy) is 1. The number of carbonyl (C=O) groups is 3. The lowest BCUT2D eigenvalue weighted by atomic mass is 10.1. The predicted octanol–water partition coefficient (Wildman–Crippen LogP) is 3.91. The van der Waals surface area contributed by atoms with Crippen molar-refractivity contribution in [2.75, 3.05) is 13.2 Å². The highest BCUT2D eigenvalue weighted by Gasteiger charge is 2.19. The number of esters is 1. The van der Waals surface area contributed by atoms with Crippen molar-refractivity contribution in [3.63, 3.8) is 0 Å². The first-order valence-electron chi connectivity index (χ1n) is 9.57. The standard InChI is InChI=1S/C22H21FN2O4S2/c23-17-7-5-15(6-8-17)21(18-3-2-11-31-18)25-19(26)13-29-20(27)4-1-10-24-22(28)16-9-12-30-14-16/h2-3,5-9,11-12,14,21H,1,4,10,13H2,(H,24,28)(H,25,26). The van der Waals surface area contributed by atoms with Gasteiger partial charge < -0.3 is 15.4 Å². The minimum Gasteiger partial charge on any atom is -0.456 e. The van der Waals surface area contributed by atoms with E-state index in [-0.39, 0.29) is 18.1 Å². The van der Waals surface area contributed by atoms with Crippen LogP contribution < -0.4 is 10.6 Å². The molecular weight excluding hydrogens is 439 g/mol. The minimum atomic E-state index is -0.519. The van der Waals surface area contributed by atoms with E-state index in [1.165, 1.54) is 34.8 Å². The number of nitrogens with one attached hydrogen (secondary N) is 2. The highest BCUT2D eigenvalue weighted by molar-refractivity contribution is 7.10. The van der Waals surface area contributed by atoms with Crippen LogP contribution in [0.25, 0.3) is 0 Å². The van der Waals surface area contributed by atoms with Gasteiger partial charge in [0, 0.05) is 28.8 Å². The van der Waals surface area contributed by atoms with Gasteiger partial charge in [-0.25, -0.2) is 4.39 Å². The molecule has 162 valence electrons. The van der Waals surface area contributed by atoms with Crippen LogP contribution in [0, 0.1) is 5.82 Å². The lowest BCUT2D eigenvalue weighted by Crippen LogP contribution is -2.32. The highest BCUT2D eigenvalue weighted by atomic mass is 32.1. The summed E-state index contributed by atoms with van der Waals surface area (Å²) in [6.45, 7) is -0.0792. The van der Waals surface area contributed by atoms with Crippen molar-refractivity contribution in [2.24, 2.45) is 0 Å². The van der Waals surface area contributed by atoms with Crippen LogP contribution in [0.2, 0.25) is 0 Å². The monoisotopic (exact) mass is 460 g/mol. The van der Waals surface area contributed by atoms with Gasteiger partial charge in [-0.1, -0.05) is 18.2 Å². The molecule has 0 bridgehead atoms. The molecule has 9 heteroatoms. The summed E-state index contributed by atoms with van der Waals surface area (Å²) in [5, 5.41) is 11.0. The second-order valence-electron chi connectivity index (χ2n) is 6.60. The molecule has 0 saturated carbocycles. The Labute approximate surface area is 187 Å². The lowest BCUT2D eigenvalue weighted by Gasteiger charge is -2.18. The Kier molecular flexibility index (Phi) is 8.31. The fraction of sp³-hybridized carbons (Fsp3) is 0.227. The zero-order chi connectivity index (χ0) is 22.1. The normalized spacial score (nSPS) is 11.5. The zero-order valence-corrected chi connectivity index (χ0v) is 18.1. The molecule has 2 amide bonds. The van der Waals surface area contributed by atoms with Gasteiger partial charge in [-0.15, -0.1) is 11.3 Å². The molecule has 31 heavy (non-hydrogen) atoms. The second kappa shape index (κ2) is 11.4. The largest absolute Gasteiger partial charge is 0.456 e. The molecule has 0 radical (unpaired) electrons. The van der Waals surface area contributed by atoms with Gasteiger partial charge in [0.05, 0.1) is 6.04 Å². The van der Waals surface area contributed by atoms with Crippen LogP contribution >= 0.6 is 22.7 Å². The Bertz CT molecular complexity index is 989. The van der Waals surface area contributed by atoms with E-state index in [4.69, 9.17) is 4.74 Å². The first kappa shape index (κ1) is 22.6. The second-order valence-corrected chi connectivity index (χ2v) is 8.36. The van der Waals surface area contributed by atoms with E-state index in [1.54, 1.807) is 23.6 Å². The number of benzene rings is 1. The predicted molar refractivity (Wildman–Crippen MR) is 118 cm³/mol. The van der Waals surface area contributed by atoms with E-state index in [2.05, 4.69) is 10.6 Å². The molecule has 0 aliphatic heterocycles. The molecule has 3 rings (SSSR count). The number of amides is 2. The summed E-state index contributed by atoms with van der Waals surface area (Å²) < 4.78 is 18.3. The maximum Gasteiger partial charge on any atom is 0.306 e. The van der Waals surface area contributed by atoms with Crippen molar-refractivity contribution in [3.8, 4) is 0 Å².